The molecule has 0 radical (unpaired) electrons. The van der Waals surface area contributed by atoms with Crippen LogP contribution >= 0.6 is 0 Å². The SMILES string of the molecule is Nc1cccc(/C=C/C(=O)NCc2ccno2)c1. The molecule has 1 aromatic carbocycles. The molecule has 3 N–H and O–H groups in total. The number of anilines is 1. The molecule has 2 aromatic rings. The molecule has 0 atom stereocenters. The normalized spacial score (nSPS) is 10.7. The molecule has 0 saturated carbocycles. The van der Waals surface area contributed by atoms with Gasteiger partial charge in [-0.25, -0.2) is 0 Å². The monoisotopic (exact) mass is 243 g/mol. The first-order valence-corrected chi connectivity index (χ1v) is 5.45. The molecule has 0 bridgehead atoms. The third-order valence-electron chi connectivity index (χ3n) is 2.27. The molecular weight excluding hydrogens is 230 g/mol. The van der Waals surface area contributed by atoms with Crippen LogP contribution in [0.3, 0.4) is 0 Å². The highest BCUT2D eigenvalue weighted by atomic mass is 16.5. The van der Waals surface area contributed by atoms with Crippen LogP contribution in [0.1, 0.15) is 11.3 Å². The zero-order chi connectivity index (χ0) is 12.8. The van der Waals surface area contributed by atoms with Crippen LogP contribution in [0.2, 0.25) is 0 Å². The van der Waals surface area contributed by atoms with Gasteiger partial charge >= 0.3 is 0 Å². The number of benzene rings is 1. The van der Waals surface area contributed by atoms with E-state index in [1.54, 1.807) is 24.3 Å². The number of hydrogen-bond acceptors (Lipinski definition) is 4. The highest BCUT2D eigenvalue weighted by Crippen LogP contribution is 2.07. The van der Waals surface area contributed by atoms with E-state index in [9.17, 15) is 4.79 Å². The van der Waals surface area contributed by atoms with Crippen LogP contribution in [0.25, 0.3) is 6.08 Å². The van der Waals surface area contributed by atoms with Crippen molar-refractivity contribution in [2.24, 2.45) is 0 Å². The number of nitrogens with one attached hydrogen (secondary N) is 1. The standard InChI is InChI=1S/C13H13N3O2/c14-11-3-1-2-10(8-11)4-5-13(17)15-9-12-6-7-16-18-12/h1-8H,9,14H2,(H,15,17)/b5-4+. The Morgan fingerprint density at radius 1 is 1.44 bits per heavy atom. The van der Waals surface area contributed by atoms with E-state index < -0.39 is 0 Å². The van der Waals surface area contributed by atoms with Crippen LogP contribution in [-0.2, 0) is 11.3 Å². The number of carbonyl (C=O) groups excluding carboxylic acids is 1. The molecule has 0 unspecified atom stereocenters. The quantitative estimate of drug-likeness (QED) is 0.631. The van der Waals surface area contributed by atoms with Crippen LogP contribution < -0.4 is 11.1 Å². The van der Waals surface area contributed by atoms with Crippen molar-refractivity contribution in [2.75, 3.05) is 5.73 Å². The molecule has 1 heterocycles. The summed E-state index contributed by atoms with van der Waals surface area (Å²) in [4.78, 5) is 11.5. The second kappa shape index (κ2) is 5.67. The summed E-state index contributed by atoms with van der Waals surface area (Å²) in [7, 11) is 0. The Morgan fingerprint density at radius 3 is 3.06 bits per heavy atom. The highest BCUT2D eigenvalue weighted by Gasteiger charge is 1.99. The molecule has 0 fully saturated rings. The first-order valence-electron chi connectivity index (χ1n) is 5.45. The second-order valence-electron chi connectivity index (χ2n) is 3.70. The number of aromatic nitrogens is 1. The largest absolute Gasteiger partial charge is 0.399 e. The summed E-state index contributed by atoms with van der Waals surface area (Å²) in [5.74, 6) is 0.412. The molecule has 1 aromatic heterocycles. The van der Waals surface area contributed by atoms with E-state index in [2.05, 4.69) is 10.5 Å². The molecular formula is C13H13N3O2. The Kier molecular flexibility index (Phi) is 3.76. The summed E-state index contributed by atoms with van der Waals surface area (Å²) in [5.41, 5.74) is 7.18. The van der Waals surface area contributed by atoms with Crippen molar-refractivity contribution in [3.05, 3.63) is 53.9 Å². The average molecular weight is 243 g/mol. The maximum atomic E-state index is 11.5. The molecule has 0 aliphatic heterocycles. The van der Waals surface area contributed by atoms with E-state index in [1.807, 2.05) is 12.1 Å². The van der Waals surface area contributed by atoms with Gasteiger partial charge < -0.3 is 15.6 Å². The van der Waals surface area contributed by atoms with Gasteiger partial charge in [-0.05, 0) is 23.8 Å². The minimum atomic E-state index is -0.200. The van der Waals surface area contributed by atoms with Gasteiger partial charge in [-0.15, -0.1) is 0 Å². The lowest BCUT2D eigenvalue weighted by Crippen LogP contribution is -2.19. The van der Waals surface area contributed by atoms with Gasteiger partial charge in [0.15, 0.2) is 5.76 Å². The Hall–Kier alpha value is -2.56. The Labute approximate surface area is 104 Å². The van der Waals surface area contributed by atoms with Crippen molar-refractivity contribution in [3.8, 4) is 0 Å². The third-order valence-corrected chi connectivity index (χ3v) is 2.27. The summed E-state index contributed by atoms with van der Waals surface area (Å²) >= 11 is 0. The van der Waals surface area contributed by atoms with E-state index in [4.69, 9.17) is 10.3 Å². The Bertz CT molecular complexity index is 547. The van der Waals surface area contributed by atoms with Crippen LogP contribution in [0.4, 0.5) is 5.69 Å². The number of nitrogens with two attached hydrogens (primary N) is 1. The van der Waals surface area contributed by atoms with Crippen molar-refractivity contribution in [1.29, 1.82) is 0 Å². The molecule has 5 heteroatoms. The van der Waals surface area contributed by atoms with E-state index in [-0.39, 0.29) is 5.91 Å². The van der Waals surface area contributed by atoms with E-state index in [0.717, 1.165) is 5.56 Å². The first-order chi connectivity index (χ1) is 8.74. The highest BCUT2D eigenvalue weighted by molar-refractivity contribution is 5.91. The zero-order valence-electron chi connectivity index (χ0n) is 9.67. The van der Waals surface area contributed by atoms with Crippen molar-refractivity contribution < 1.29 is 9.32 Å². The number of carbonyl (C=O) groups is 1. The van der Waals surface area contributed by atoms with Crippen LogP contribution in [0.5, 0.6) is 0 Å². The molecule has 1 amide bonds. The lowest BCUT2D eigenvalue weighted by Gasteiger charge is -1.98. The minimum Gasteiger partial charge on any atom is -0.399 e. The van der Waals surface area contributed by atoms with Gasteiger partial charge in [-0.3, -0.25) is 4.79 Å². The third kappa shape index (κ3) is 3.48. The van der Waals surface area contributed by atoms with Crippen LogP contribution in [0.15, 0.2) is 47.1 Å². The fraction of sp³-hybridized carbons (Fsp3) is 0.0769. The van der Waals surface area contributed by atoms with Crippen molar-refractivity contribution in [3.63, 3.8) is 0 Å². The number of nitrogen functional groups attached to an aromatic ring is 1. The number of rotatable bonds is 4. The topological polar surface area (TPSA) is 81.2 Å². The van der Waals surface area contributed by atoms with Gasteiger partial charge in [0, 0.05) is 17.8 Å². The van der Waals surface area contributed by atoms with E-state index in [1.165, 1.54) is 12.3 Å². The van der Waals surface area contributed by atoms with E-state index >= 15 is 0 Å². The van der Waals surface area contributed by atoms with Crippen molar-refractivity contribution >= 4 is 17.7 Å². The fourth-order valence-corrected chi connectivity index (χ4v) is 1.40. The van der Waals surface area contributed by atoms with Crippen LogP contribution in [-0.4, -0.2) is 11.1 Å². The maximum Gasteiger partial charge on any atom is 0.244 e. The van der Waals surface area contributed by atoms with Gasteiger partial charge in [-0.2, -0.15) is 0 Å². The second-order valence-corrected chi connectivity index (χ2v) is 3.70. The molecule has 0 spiro atoms. The van der Waals surface area contributed by atoms with Crippen LogP contribution in [0, 0.1) is 0 Å². The maximum absolute atomic E-state index is 11.5. The first kappa shape index (κ1) is 11.9. The summed E-state index contributed by atoms with van der Waals surface area (Å²) in [6, 6.07) is 8.99. The molecule has 2 rings (SSSR count). The predicted molar refractivity (Wildman–Crippen MR) is 68.2 cm³/mol. The molecule has 0 saturated heterocycles. The van der Waals surface area contributed by atoms with Gasteiger partial charge in [-0.1, -0.05) is 17.3 Å². The van der Waals surface area contributed by atoms with Gasteiger partial charge in [0.1, 0.15) is 0 Å². The molecule has 18 heavy (non-hydrogen) atoms. The molecule has 5 nitrogen and oxygen atoms in total. The van der Waals surface area contributed by atoms with Gasteiger partial charge in [0.05, 0.1) is 12.7 Å². The summed E-state index contributed by atoms with van der Waals surface area (Å²) in [5, 5.41) is 6.22. The van der Waals surface area contributed by atoms with Crippen molar-refractivity contribution in [2.45, 2.75) is 6.54 Å². The molecule has 0 aliphatic rings. The average Bonchev–Trinajstić information content (AvgIpc) is 2.87. The molecule has 92 valence electrons. The summed E-state index contributed by atoms with van der Waals surface area (Å²) in [6.45, 7) is 0.320. The van der Waals surface area contributed by atoms with Crippen molar-refractivity contribution in [1.82, 2.24) is 10.5 Å². The Morgan fingerprint density at radius 2 is 2.33 bits per heavy atom. The number of amides is 1. The Balaban J connectivity index is 1.87. The lowest BCUT2D eigenvalue weighted by molar-refractivity contribution is -0.116. The number of nitrogens with zero attached hydrogens (tertiary/aromatic N) is 1. The lowest BCUT2D eigenvalue weighted by atomic mass is 10.2. The zero-order valence-corrected chi connectivity index (χ0v) is 9.67. The summed E-state index contributed by atoms with van der Waals surface area (Å²) < 4.78 is 4.86. The van der Waals surface area contributed by atoms with Gasteiger partial charge in [0.25, 0.3) is 0 Å². The molecule has 0 aliphatic carbocycles. The fourth-order valence-electron chi connectivity index (χ4n) is 1.40. The predicted octanol–water partition coefficient (Wildman–Crippen LogP) is 1.59. The van der Waals surface area contributed by atoms with E-state index in [0.29, 0.717) is 18.0 Å². The number of hydrogen-bond donors (Lipinski definition) is 2. The minimum absolute atomic E-state index is 0.200. The summed E-state index contributed by atoms with van der Waals surface area (Å²) in [6.07, 6.45) is 4.68. The van der Waals surface area contributed by atoms with Gasteiger partial charge in [0.2, 0.25) is 5.91 Å². The smallest absolute Gasteiger partial charge is 0.244 e.